The first kappa shape index (κ1) is 36.8. The van der Waals surface area contributed by atoms with Crippen LogP contribution in [0.25, 0.3) is 10.8 Å². The van der Waals surface area contributed by atoms with Gasteiger partial charge in [-0.15, -0.1) is 6.58 Å². The average molecular weight is 724 g/mol. The Kier molecular flexibility index (Phi) is 10.2. The molecule has 0 radical (unpaired) electrons. The standard InChI is InChI=1S/C38H49N3O9S/c1-6-25-20-38(25,36(45)40-51(46,47)27-11-12-27)21-31(42)30-18-26-22-41(30)35(44)29(37(2,3)4)19-33(43)49-15-9-7-8-10-24-16-28-23(17-32(24)48-5)13-14-39-34(28)50-26/h6,13-14,16-17,25-27,29-30H,1,7-12,15,18-22H2,2-5H3,(H,40,45)/t25-,26+,29+,30-,38+/m0/s1. The van der Waals surface area contributed by atoms with Crippen LogP contribution in [0.15, 0.2) is 37.1 Å². The van der Waals surface area contributed by atoms with Crippen molar-refractivity contribution in [1.29, 1.82) is 0 Å². The molecule has 4 bridgehead atoms. The van der Waals surface area contributed by atoms with E-state index in [1.807, 2.05) is 39.0 Å². The minimum absolute atomic E-state index is 0.0537. The Hall–Kier alpha value is -4.00. The monoisotopic (exact) mass is 723 g/mol. The second-order valence-corrected chi connectivity index (χ2v) is 17.6. The van der Waals surface area contributed by atoms with Gasteiger partial charge in [0.05, 0.1) is 49.3 Å². The number of rotatable bonds is 8. The lowest BCUT2D eigenvalue weighted by atomic mass is 9.77. The number of aryl methyl sites for hydroxylation is 1. The Morgan fingerprint density at radius 1 is 1.18 bits per heavy atom. The van der Waals surface area contributed by atoms with E-state index in [9.17, 15) is 27.6 Å². The van der Waals surface area contributed by atoms with E-state index in [0.29, 0.717) is 25.1 Å². The molecule has 276 valence electrons. The van der Waals surface area contributed by atoms with Crippen LogP contribution in [-0.2, 0) is 40.4 Å². The van der Waals surface area contributed by atoms with Crippen molar-refractivity contribution < 1.29 is 41.8 Å². The highest BCUT2D eigenvalue weighted by molar-refractivity contribution is 7.90. The molecule has 3 fully saturated rings. The zero-order valence-electron chi connectivity index (χ0n) is 29.9. The van der Waals surface area contributed by atoms with Crippen LogP contribution in [0.2, 0.25) is 0 Å². The third-order valence-corrected chi connectivity index (χ3v) is 12.8. The van der Waals surface area contributed by atoms with E-state index in [-0.39, 0.29) is 56.4 Å². The number of nitrogens with one attached hydrogen (secondary N) is 1. The van der Waals surface area contributed by atoms with Gasteiger partial charge in [-0.1, -0.05) is 26.8 Å². The van der Waals surface area contributed by atoms with Crippen molar-refractivity contribution in [3.05, 3.63) is 42.6 Å². The van der Waals surface area contributed by atoms with Gasteiger partial charge in [-0.05, 0) is 85.4 Å². The Bertz CT molecular complexity index is 1830. The van der Waals surface area contributed by atoms with E-state index in [1.54, 1.807) is 19.4 Å². The molecule has 0 spiro atoms. The molecular weight excluding hydrogens is 674 g/mol. The summed E-state index contributed by atoms with van der Waals surface area (Å²) in [5.41, 5.74) is -0.946. The van der Waals surface area contributed by atoms with Gasteiger partial charge in [-0.25, -0.2) is 13.4 Å². The second-order valence-electron chi connectivity index (χ2n) is 15.7. The van der Waals surface area contributed by atoms with E-state index >= 15 is 0 Å². The van der Waals surface area contributed by atoms with Gasteiger partial charge in [0.1, 0.15) is 11.9 Å². The number of hydrogen-bond acceptors (Lipinski definition) is 10. The van der Waals surface area contributed by atoms with Crippen LogP contribution in [-0.4, -0.2) is 79.5 Å². The van der Waals surface area contributed by atoms with E-state index in [2.05, 4.69) is 16.3 Å². The first-order valence-electron chi connectivity index (χ1n) is 18.0. The number of carbonyl (C=O) groups excluding carboxylic acids is 4. The summed E-state index contributed by atoms with van der Waals surface area (Å²) in [6.07, 6.45) is 6.62. The summed E-state index contributed by atoms with van der Waals surface area (Å²) in [5.74, 6) is -2.03. The molecule has 0 unspecified atom stereocenters. The van der Waals surface area contributed by atoms with Crippen LogP contribution in [0.4, 0.5) is 0 Å². The second kappa shape index (κ2) is 14.2. The number of ether oxygens (including phenoxy) is 3. The van der Waals surface area contributed by atoms with Gasteiger partial charge in [0.15, 0.2) is 5.78 Å². The molecule has 5 atom stereocenters. The maximum Gasteiger partial charge on any atom is 0.306 e. The average Bonchev–Trinajstić information content (AvgIpc) is 4.00. The highest BCUT2D eigenvalue weighted by Gasteiger charge is 2.61. The normalized spacial score (nSPS) is 27.6. The number of esters is 1. The number of ketones is 1. The number of allylic oxidation sites excluding steroid dienone is 1. The van der Waals surface area contributed by atoms with Crippen LogP contribution in [0, 0.1) is 22.7 Å². The molecule has 51 heavy (non-hydrogen) atoms. The fraction of sp³-hybridized carbons (Fsp3) is 0.605. The lowest BCUT2D eigenvalue weighted by molar-refractivity contribution is -0.153. The highest BCUT2D eigenvalue weighted by atomic mass is 32.2. The lowest BCUT2D eigenvalue weighted by Gasteiger charge is -2.34. The summed E-state index contributed by atoms with van der Waals surface area (Å²) in [5, 5.41) is 1.05. The number of pyridine rings is 1. The SMILES string of the molecule is C=C[C@H]1C[C@]1(CC(=O)[C@@H]1C[C@@H]2CN1C(=O)[C@H](C(C)(C)C)CC(=O)OCCCCCc1cc3c(nccc3cc1OC)O2)C(=O)NS(=O)(=O)C1CC1. The Morgan fingerprint density at radius 3 is 2.61 bits per heavy atom. The summed E-state index contributed by atoms with van der Waals surface area (Å²) in [6, 6.07) is 4.85. The highest BCUT2D eigenvalue weighted by Crippen LogP contribution is 2.57. The molecule has 1 N–H and O–H groups in total. The van der Waals surface area contributed by atoms with E-state index in [4.69, 9.17) is 14.2 Å². The summed E-state index contributed by atoms with van der Waals surface area (Å²) in [4.78, 5) is 61.6. The van der Waals surface area contributed by atoms with Gasteiger partial charge >= 0.3 is 5.97 Å². The van der Waals surface area contributed by atoms with Gasteiger partial charge in [0, 0.05) is 24.4 Å². The van der Waals surface area contributed by atoms with Crippen LogP contribution in [0.3, 0.4) is 0 Å². The van der Waals surface area contributed by atoms with Crippen molar-refractivity contribution >= 4 is 44.4 Å². The Labute approximate surface area is 299 Å². The van der Waals surface area contributed by atoms with Gasteiger partial charge in [-0.3, -0.25) is 23.9 Å². The van der Waals surface area contributed by atoms with Gasteiger partial charge in [0.2, 0.25) is 27.7 Å². The maximum atomic E-state index is 14.5. The molecule has 13 heteroatoms. The number of amides is 2. The van der Waals surface area contributed by atoms with Crippen molar-refractivity contribution in [2.75, 3.05) is 20.3 Å². The van der Waals surface area contributed by atoms with Gasteiger partial charge in [0.25, 0.3) is 0 Å². The predicted octanol–water partition coefficient (Wildman–Crippen LogP) is 4.67. The van der Waals surface area contributed by atoms with Crippen molar-refractivity contribution in [2.24, 2.45) is 22.7 Å². The smallest absolute Gasteiger partial charge is 0.306 e. The number of Topliss-reactive ketones (excluding diaryl/α,β-unsaturated/α-hetero) is 1. The first-order chi connectivity index (χ1) is 24.2. The quantitative estimate of drug-likeness (QED) is 0.300. The molecule has 4 aliphatic rings. The van der Waals surface area contributed by atoms with Crippen LogP contribution >= 0.6 is 0 Å². The van der Waals surface area contributed by atoms with E-state index in [0.717, 1.165) is 41.3 Å². The minimum Gasteiger partial charge on any atom is -0.496 e. The number of hydrogen-bond donors (Lipinski definition) is 1. The molecule has 1 aromatic heterocycles. The van der Waals surface area contributed by atoms with Crippen molar-refractivity contribution in [3.63, 3.8) is 0 Å². The predicted molar refractivity (Wildman–Crippen MR) is 189 cm³/mol. The molecule has 1 aromatic carbocycles. The largest absolute Gasteiger partial charge is 0.496 e. The zero-order valence-corrected chi connectivity index (χ0v) is 30.8. The number of methoxy groups -OCH3 is 1. The molecule has 2 saturated carbocycles. The number of carbonyl (C=O) groups is 4. The molecule has 6 rings (SSSR count). The minimum atomic E-state index is -3.84. The molecule has 3 heterocycles. The summed E-state index contributed by atoms with van der Waals surface area (Å²) in [6.45, 7) is 9.73. The third kappa shape index (κ3) is 7.78. The van der Waals surface area contributed by atoms with Gasteiger partial charge in [-0.2, -0.15) is 0 Å². The number of fused-ring (bicyclic) bond motifs is 3. The molecule has 1 saturated heterocycles. The third-order valence-electron chi connectivity index (χ3n) is 11.0. The summed E-state index contributed by atoms with van der Waals surface area (Å²) >= 11 is 0. The topological polar surface area (TPSA) is 158 Å². The van der Waals surface area contributed by atoms with Crippen molar-refractivity contribution in [1.82, 2.24) is 14.6 Å². The van der Waals surface area contributed by atoms with Crippen LogP contribution in [0.1, 0.15) is 84.1 Å². The van der Waals surface area contributed by atoms with Crippen molar-refractivity contribution in [3.8, 4) is 11.6 Å². The van der Waals surface area contributed by atoms with Gasteiger partial charge < -0.3 is 19.1 Å². The van der Waals surface area contributed by atoms with Crippen molar-refractivity contribution in [2.45, 2.75) is 102 Å². The maximum absolute atomic E-state index is 14.5. The lowest BCUT2D eigenvalue weighted by Crippen LogP contribution is -2.48. The number of aromatic nitrogens is 1. The number of sulfonamides is 1. The van der Waals surface area contributed by atoms with Crippen LogP contribution < -0.4 is 14.2 Å². The summed E-state index contributed by atoms with van der Waals surface area (Å²) < 4.78 is 45.5. The Morgan fingerprint density at radius 2 is 1.94 bits per heavy atom. The number of nitrogens with zero attached hydrogens (tertiary/aromatic N) is 2. The molecule has 2 aromatic rings. The fourth-order valence-corrected chi connectivity index (χ4v) is 8.95. The molecular formula is C38H49N3O9S. The molecule has 2 aliphatic carbocycles. The number of cyclic esters (lactones) is 1. The Balaban J connectivity index is 1.34. The molecule has 2 aliphatic heterocycles. The first-order valence-corrected chi connectivity index (χ1v) is 19.5. The van der Waals surface area contributed by atoms with E-state index < -0.39 is 56.0 Å². The van der Waals surface area contributed by atoms with Crippen LogP contribution in [0.5, 0.6) is 11.6 Å². The zero-order chi connectivity index (χ0) is 36.7. The fourth-order valence-electron chi connectivity index (χ4n) is 7.57. The molecule has 12 nitrogen and oxygen atoms in total. The molecule has 2 amide bonds. The number of benzene rings is 1. The summed E-state index contributed by atoms with van der Waals surface area (Å²) in [7, 11) is -2.21. The van der Waals surface area contributed by atoms with E-state index in [1.165, 1.54) is 4.90 Å².